The molecule has 1 aromatic rings. The molecule has 0 aliphatic carbocycles. The van der Waals surface area contributed by atoms with E-state index in [-0.39, 0.29) is 0 Å². The molecule has 1 fully saturated rings. The number of thiophene rings is 1. The zero-order valence-electron chi connectivity index (χ0n) is 9.95. The largest absolute Gasteiger partial charge is 0.314 e. The van der Waals surface area contributed by atoms with Crippen LogP contribution in [-0.4, -0.2) is 18.4 Å². The van der Waals surface area contributed by atoms with Crippen molar-refractivity contribution in [3.8, 4) is 0 Å². The Hall–Kier alpha value is -0.670. The van der Waals surface area contributed by atoms with E-state index in [1.165, 1.54) is 6.42 Å². The zero-order valence-corrected chi connectivity index (χ0v) is 10.8. The second-order valence-corrected chi connectivity index (χ2v) is 5.76. The molecule has 1 aromatic heterocycles. The van der Waals surface area contributed by atoms with Crippen LogP contribution in [0.4, 0.5) is 0 Å². The fourth-order valence-electron chi connectivity index (χ4n) is 2.35. The lowest BCUT2D eigenvalue weighted by Crippen LogP contribution is -2.38. The highest BCUT2D eigenvalue weighted by Gasteiger charge is 2.22. The molecule has 88 valence electrons. The summed E-state index contributed by atoms with van der Waals surface area (Å²) in [6, 6.07) is 2.41. The summed E-state index contributed by atoms with van der Waals surface area (Å²) in [7, 11) is 0. The normalized spacial score (nSPS) is 25.6. The number of nitrogens with one attached hydrogen (secondary N) is 1. The van der Waals surface area contributed by atoms with Gasteiger partial charge in [-0.25, -0.2) is 0 Å². The van der Waals surface area contributed by atoms with Crippen LogP contribution in [0, 0.1) is 12.8 Å². The first-order valence-corrected chi connectivity index (χ1v) is 6.85. The molecule has 1 N–H and O–H groups in total. The van der Waals surface area contributed by atoms with Crippen LogP contribution < -0.4 is 5.32 Å². The maximum absolute atomic E-state index is 12.1. The summed E-state index contributed by atoms with van der Waals surface area (Å²) < 4.78 is 0. The molecular weight excluding hydrogens is 218 g/mol. The fourth-order valence-corrected chi connectivity index (χ4v) is 3.23. The molecule has 0 saturated carbocycles. The van der Waals surface area contributed by atoms with Gasteiger partial charge in [0, 0.05) is 12.5 Å². The van der Waals surface area contributed by atoms with Gasteiger partial charge in [0.15, 0.2) is 5.78 Å². The van der Waals surface area contributed by atoms with E-state index in [1.807, 2.05) is 18.4 Å². The molecule has 3 heteroatoms. The van der Waals surface area contributed by atoms with Crippen LogP contribution in [-0.2, 0) is 0 Å². The van der Waals surface area contributed by atoms with Gasteiger partial charge < -0.3 is 5.32 Å². The molecule has 2 atom stereocenters. The third-order valence-electron chi connectivity index (χ3n) is 3.30. The molecule has 16 heavy (non-hydrogen) atoms. The molecule has 1 saturated heterocycles. The van der Waals surface area contributed by atoms with Gasteiger partial charge in [-0.15, -0.1) is 11.3 Å². The lowest BCUT2D eigenvalue weighted by Gasteiger charge is -2.27. The van der Waals surface area contributed by atoms with Crippen molar-refractivity contribution in [2.24, 2.45) is 5.92 Å². The first-order chi connectivity index (χ1) is 7.66. The first-order valence-electron chi connectivity index (χ1n) is 5.97. The van der Waals surface area contributed by atoms with E-state index >= 15 is 0 Å². The van der Waals surface area contributed by atoms with Gasteiger partial charge in [0.1, 0.15) is 0 Å². The molecule has 2 heterocycles. The number of carbonyl (C=O) groups excluding carboxylic acids is 1. The first kappa shape index (κ1) is 11.8. The quantitative estimate of drug-likeness (QED) is 0.819. The highest BCUT2D eigenvalue weighted by atomic mass is 32.1. The summed E-state index contributed by atoms with van der Waals surface area (Å²) in [4.78, 5) is 13.0. The average molecular weight is 237 g/mol. The fraction of sp³-hybridized carbons (Fsp3) is 0.615. The summed E-state index contributed by atoms with van der Waals surface area (Å²) in [6.07, 6.45) is 3.03. The van der Waals surface area contributed by atoms with E-state index in [0.29, 0.717) is 18.2 Å². The van der Waals surface area contributed by atoms with Gasteiger partial charge in [-0.3, -0.25) is 4.79 Å². The van der Waals surface area contributed by atoms with E-state index in [2.05, 4.69) is 12.2 Å². The minimum Gasteiger partial charge on any atom is -0.314 e. The van der Waals surface area contributed by atoms with E-state index < -0.39 is 0 Å². The summed E-state index contributed by atoms with van der Waals surface area (Å²) in [5, 5.41) is 5.45. The van der Waals surface area contributed by atoms with Crippen molar-refractivity contribution in [3.63, 3.8) is 0 Å². The van der Waals surface area contributed by atoms with Crippen molar-refractivity contribution < 1.29 is 4.79 Å². The summed E-state index contributed by atoms with van der Waals surface area (Å²) >= 11 is 1.57. The number of carbonyl (C=O) groups is 1. The Morgan fingerprint density at radius 1 is 1.62 bits per heavy atom. The van der Waals surface area contributed by atoms with E-state index in [9.17, 15) is 4.79 Å². The molecule has 0 radical (unpaired) electrons. The Kier molecular flexibility index (Phi) is 3.77. The van der Waals surface area contributed by atoms with Crippen LogP contribution >= 0.6 is 11.3 Å². The van der Waals surface area contributed by atoms with Gasteiger partial charge in [-0.2, -0.15) is 0 Å². The van der Waals surface area contributed by atoms with Crippen molar-refractivity contribution >= 4 is 17.1 Å². The number of ketones is 1. The van der Waals surface area contributed by atoms with Crippen LogP contribution in [0.25, 0.3) is 0 Å². The zero-order chi connectivity index (χ0) is 11.5. The molecule has 0 spiro atoms. The van der Waals surface area contributed by atoms with Crippen LogP contribution in [0.3, 0.4) is 0 Å². The number of hydrogen-bond donors (Lipinski definition) is 1. The molecule has 0 amide bonds. The van der Waals surface area contributed by atoms with Crippen molar-refractivity contribution in [3.05, 3.63) is 21.9 Å². The molecular formula is C13H19NOS. The predicted molar refractivity (Wildman–Crippen MR) is 68.2 cm³/mol. The second-order valence-electron chi connectivity index (χ2n) is 4.84. The number of aryl methyl sites for hydroxylation is 1. The molecule has 1 aliphatic heterocycles. The number of hydrogen-bond acceptors (Lipinski definition) is 3. The minimum atomic E-state index is 0.305. The van der Waals surface area contributed by atoms with Gasteiger partial charge in [0.25, 0.3) is 0 Å². The molecule has 1 aliphatic rings. The topological polar surface area (TPSA) is 29.1 Å². The van der Waals surface area contributed by atoms with Gasteiger partial charge in [0.05, 0.1) is 4.88 Å². The second kappa shape index (κ2) is 5.11. The molecule has 0 bridgehead atoms. The molecule has 2 rings (SSSR count). The van der Waals surface area contributed by atoms with Gasteiger partial charge in [-0.1, -0.05) is 6.92 Å². The Balaban J connectivity index is 1.95. The highest BCUT2D eigenvalue weighted by molar-refractivity contribution is 7.12. The van der Waals surface area contributed by atoms with Crippen molar-refractivity contribution in [2.75, 3.05) is 6.54 Å². The van der Waals surface area contributed by atoms with Crippen molar-refractivity contribution in [1.29, 1.82) is 0 Å². The van der Waals surface area contributed by atoms with Crippen LogP contribution in [0.5, 0.6) is 0 Å². The lowest BCUT2D eigenvalue weighted by atomic mass is 9.91. The Bertz CT molecular complexity index is 372. The predicted octanol–water partition coefficient (Wildman–Crippen LogP) is 3.02. The highest BCUT2D eigenvalue weighted by Crippen LogP contribution is 2.22. The third-order valence-corrected chi connectivity index (χ3v) is 4.36. The standard InChI is InChI=1S/C13H19NOS/c1-9-3-5-14-11(7-9)8-12(15)13-10(2)4-6-16-13/h4,6,9,11,14H,3,5,7-8H2,1-2H3. The van der Waals surface area contributed by atoms with E-state index in [0.717, 1.165) is 29.3 Å². The average Bonchev–Trinajstić information content (AvgIpc) is 2.64. The number of piperidine rings is 1. The smallest absolute Gasteiger partial charge is 0.174 e. The SMILES string of the molecule is Cc1ccsc1C(=O)CC1CC(C)CCN1. The minimum absolute atomic E-state index is 0.305. The van der Waals surface area contributed by atoms with Crippen LogP contribution in [0.1, 0.15) is 41.4 Å². The third kappa shape index (κ3) is 2.71. The maximum Gasteiger partial charge on any atom is 0.174 e. The number of Topliss-reactive ketones (excluding diaryl/α,β-unsaturated/α-hetero) is 1. The molecule has 2 unspecified atom stereocenters. The maximum atomic E-state index is 12.1. The Morgan fingerprint density at radius 3 is 3.06 bits per heavy atom. The van der Waals surface area contributed by atoms with Crippen molar-refractivity contribution in [1.82, 2.24) is 5.32 Å². The van der Waals surface area contributed by atoms with Gasteiger partial charge >= 0.3 is 0 Å². The summed E-state index contributed by atoms with van der Waals surface area (Å²) in [5.74, 6) is 1.06. The van der Waals surface area contributed by atoms with Crippen LogP contribution in [0.15, 0.2) is 11.4 Å². The summed E-state index contributed by atoms with van der Waals surface area (Å²) in [6.45, 7) is 5.35. The molecule has 2 nitrogen and oxygen atoms in total. The Labute approximate surface area is 101 Å². The van der Waals surface area contributed by atoms with Crippen LogP contribution in [0.2, 0.25) is 0 Å². The van der Waals surface area contributed by atoms with E-state index in [4.69, 9.17) is 0 Å². The number of rotatable bonds is 3. The van der Waals surface area contributed by atoms with Gasteiger partial charge in [-0.05, 0) is 49.2 Å². The molecule has 0 aromatic carbocycles. The van der Waals surface area contributed by atoms with E-state index in [1.54, 1.807) is 11.3 Å². The van der Waals surface area contributed by atoms with Gasteiger partial charge in [0.2, 0.25) is 0 Å². The van der Waals surface area contributed by atoms with Crippen molar-refractivity contribution in [2.45, 2.75) is 39.2 Å². The monoisotopic (exact) mass is 237 g/mol. The Morgan fingerprint density at radius 2 is 2.44 bits per heavy atom. The summed E-state index contributed by atoms with van der Waals surface area (Å²) in [5.41, 5.74) is 1.12. The lowest BCUT2D eigenvalue weighted by molar-refractivity contribution is 0.0962.